The molecule has 0 amide bonds. The number of nitrogens with zero attached hydrogens (tertiary/aromatic N) is 1. The van der Waals surface area contributed by atoms with E-state index in [0.29, 0.717) is 11.7 Å². The molecule has 1 aromatic heterocycles. The van der Waals surface area contributed by atoms with Gasteiger partial charge in [0.05, 0.1) is 11.0 Å². The lowest BCUT2D eigenvalue weighted by Crippen LogP contribution is -2.02. The van der Waals surface area contributed by atoms with Crippen molar-refractivity contribution in [2.75, 3.05) is 5.75 Å². The van der Waals surface area contributed by atoms with Gasteiger partial charge >= 0.3 is 0 Å². The second-order valence-corrected chi connectivity index (χ2v) is 6.55. The van der Waals surface area contributed by atoms with Gasteiger partial charge in [-0.15, -0.1) is 0 Å². The fraction of sp³-hybridized carbons (Fsp3) is 0.467. The zero-order chi connectivity index (χ0) is 13.8. The molecule has 0 fully saturated rings. The second kappa shape index (κ2) is 6.24. The molecule has 0 aliphatic rings. The maximum absolute atomic E-state index is 12.1. The van der Waals surface area contributed by atoms with Crippen molar-refractivity contribution >= 4 is 28.6 Å². The first-order chi connectivity index (χ1) is 9.10. The molecule has 0 saturated carbocycles. The average molecular weight is 276 g/mol. The number of imidazole rings is 1. The Balaban J connectivity index is 2.09. The molecular weight excluding hydrogens is 256 g/mol. The molecule has 0 bridgehead atoms. The first-order valence-corrected chi connectivity index (χ1v) is 7.78. The Labute approximate surface area is 118 Å². The van der Waals surface area contributed by atoms with E-state index in [2.05, 4.69) is 30.7 Å². The second-order valence-electron chi connectivity index (χ2n) is 4.86. The van der Waals surface area contributed by atoms with E-state index >= 15 is 0 Å². The van der Waals surface area contributed by atoms with E-state index in [1.54, 1.807) is 0 Å². The lowest BCUT2D eigenvalue weighted by molar-refractivity contribution is 0.0989. The lowest BCUT2D eigenvalue weighted by Gasteiger charge is -2.04. The number of benzene rings is 1. The smallest absolute Gasteiger partial charge is 0.163 e. The van der Waals surface area contributed by atoms with Gasteiger partial charge in [-0.05, 0) is 23.4 Å². The van der Waals surface area contributed by atoms with Crippen LogP contribution in [0.2, 0.25) is 0 Å². The number of aryl methyl sites for hydroxylation is 1. The van der Waals surface area contributed by atoms with Gasteiger partial charge in [-0.25, -0.2) is 4.98 Å². The Morgan fingerprint density at radius 3 is 2.89 bits per heavy atom. The van der Waals surface area contributed by atoms with E-state index in [1.165, 1.54) is 0 Å². The predicted octanol–water partition coefficient (Wildman–Crippen LogP) is 3.84. The minimum absolute atomic E-state index is 0.211. The summed E-state index contributed by atoms with van der Waals surface area (Å²) in [5.41, 5.74) is 2.67. The number of thioether (sulfide) groups is 1. The van der Waals surface area contributed by atoms with Gasteiger partial charge in [-0.3, -0.25) is 4.79 Å². The number of rotatable bonds is 6. The molecule has 0 atom stereocenters. The molecule has 1 heterocycles. The quantitative estimate of drug-likeness (QED) is 0.815. The summed E-state index contributed by atoms with van der Waals surface area (Å²) < 4.78 is 0. The Kier molecular flexibility index (Phi) is 4.64. The summed E-state index contributed by atoms with van der Waals surface area (Å²) in [6.45, 7) is 6.36. The zero-order valence-corrected chi connectivity index (χ0v) is 12.5. The van der Waals surface area contributed by atoms with Crippen molar-refractivity contribution in [1.82, 2.24) is 9.97 Å². The van der Waals surface area contributed by atoms with Crippen LogP contribution in [0.15, 0.2) is 18.2 Å². The average Bonchev–Trinajstić information content (AvgIpc) is 2.79. The van der Waals surface area contributed by atoms with Crippen LogP contribution in [0.25, 0.3) is 11.0 Å². The highest BCUT2D eigenvalue weighted by Crippen LogP contribution is 2.17. The molecule has 1 N–H and O–H groups in total. The summed E-state index contributed by atoms with van der Waals surface area (Å²) in [5.74, 6) is 2.07. The maximum atomic E-state index is 12.1. The van der Waals surface area contributed by atoms with E-state index in [4.69, 9.17) is 0 Å². The third-order valence-electron chi connectivity index (χ3n) is 2.97. The molecule has 2 aromatic rings. The fourth-order valence-corrected chi connectivity index (χ4v) is 2.71. The summed E-state index contributed by atoms with van der Waals surface area (Å²) in [7, 11) is 0. The first-order valence-electron chi connectivity index (χ1n) is 6.73. The molecule has 102 valence electrons. The largest absolute Gasteiger partial charge is 0.342 e. The van der Waals surface area contributed by atoms with Crippen LogP contribution in [0.5, 0.6) is 0 Å². The molecule has 0 unspecified atom stereocenters. The molecule has 0 aliphatic heterocycles. The molecule has 2 rings (SSSR count). The third kappa shape index (κ3) is 3.60. The normalized spacial score (nSPS) is 11.4. The minimum Gasteiger partial charge on any atom is -0.342 e. The fourth-order valence-electron chi connectivity index (χ4n) is 1.94. The number of carbonyl (C=O) groups is 1. The number of carbonyl (C=O) groups excluding carboxylic acids is 1. The zero-order valence-electron chi connectivity index (χ0n) is 11.7. The number of nitrogens with one attached hydrogen (secondary N) is 1. The molecule has 0 saturated heterocycles. The van der Waals surface area contributed by atoms with Gasteiger partial charge in [0.15, 0.2) is 5.78 Å². The van der Waals surface area contributed by atoms with Crippen molar-refractivity contribution in [1.29, 1.82) is 0 Å². The lowest BCUT2D eigenvalue weighted by atomic mass is 10.1. The van der Waals surface area contributed by atoms with Crippen molar-refractivity contribution in [3.63, 3.8) is 0 Å². The van der Waals surface area contributed by atoms with Gasteiger partial charge < -0.3 is 4.98 Å². The van der Waals surface area contributed by atoms with Gasteiger partial charge in [0, 0.05) is 24.2 Å². The van der Waals surface area contributed by atoms with Gasteiger partial charge in [0.2, 0.25) is 0 Å². The van der Waals surface area contributed by atoms with Crippen molar-refractivity contribution in [3.8, 4) is 0 Å². The Morgan fingerprint density at radius 2 is 2.21 bits per heavy atom. The van der Waals surface area contributed by atoms with Crippen LogP contribution in [-0.2, 0) is 6.42 Å². The number of aromatic amines is 1. The Bertz CT molecular complexity index is 575. The Morgan fingerprint density at radius 1 is 1.42 bits per heavy atom. The van der Waals surface area contributed by atoms with Gasteiger partial charge in [-0.2, -0.15) is 11.8 Å². The first kappa shape index (κ1) is 14.1. The number of Topliss-reactive ketones (excluding diaryl/α,β-unsaturated/α-hetero) is 1. The highest BCUT2D eigenvalue weighted by molar-refractivity contribution is 7.99. The van der Waals surface area contributed by atoms with Crippen molar-refractivity contribution in [2.45, 2.75) is 38.9 Å². The van der Waals surface area contributed by atoms with Gasteiger partial charge in [-0.1, -0.05) is 20.8 Å². The van der Waals surface area contributed by atoms with E-state index in [-0.39, 0.29) is 5.78 Å². The van der Waals surface area contributed by atoms with Crippen molar-refractivity contribution in [3.05, 3.63) is 29.6 Å². The van der Waals surface area contributed by atoms with Gasteiger partial charge in [0.1, 0.15) is 5.82 Å². The van der Waals surface area contributed by atoms with Crippen LogP contribution >= 0.6 is 11.8 Å². The van der Waals surface area contributed by atoms with Crippen LogP contribution in [0, 0.1) is 0 Å². The molecule has 19 heavy (non-hydrogen) atoms. The summed E-state index contributed by atoms with van der Waals surface area (Å²) >= 11 is 1.82. The molecule has 4 heteroatoms. The summed E-state index contributed by atoms with van der Waals surface area (Å²) in [6, 6.07) is 5.72. The van der Waals surface area contributed by atoms with Crippen molar-refractivity contribution < 1.29 is 4.79 Å². The van der Waals surface area contributed by atoms with E-state index in [1.807, 2.05) is 30.0 Å². The van der Waals surface area contributed by atoms with Crippen LogP contribution in [-0.4, -0.2) is 26.8 Å². The number of ketones is 1. The monoisotopic (exact) mass is 276 g/mol. The number of hydrogen-bond donors (Lipinski definition) is 1. The highest BCUT2D eigenvalue weighted by atomic mass is 32.2. The number of aromatic nitrogens is 2. The maximum Gasteiger partial charge on any atom is 0.163 e. The van der Waals surface area contributed by atoms with Crippen LogP contribution < -0.4 is 0 Å². The molecular formula is C15H20N2OS. The summed E-state index contributed by atoms with van der Waals surface area (Å²) in [4.78, 5) is 19.8. The van der Waals surface area contributed by atoms with Crippen LogP contribution in [0.1, 0.15) is 43.4 Å². The molecule has 0 aliphatic carbocycles. The molecule has 3 nitrogen and oxygen atoms in total. The Hall–Kier alpha value is -1.29. The highest BCUT2D eigenvalue weighted by Gasteiger charge is 2.09. The number of H-pyrrole nitrogens is 1. The third-order valence-corrected chi connectivity index (χ3v) is 4.07. The molecule has 1 aromatic carbocycles. The van der Waals surface area contributed by atoms with E-state index < -0.39 is 0 Å². The molecule has 0 spiro atoms. The van der Waals surface area contributed by atoms with Crippen molar-refractivity contribution in [2.24, 2.45) is 0 Å². The molecule has 0 radical (unpaired) electrons. The van der Waals surface area contributed by atoms with Gasteiger partial charge in [0.25, 0.3) is 0 Å². The SMILES string of the molecule is CCc1nc2ccc(C(=O)CCSC(C)C)cc2[nH]1. The van der Waals surface area contributed by atoms with E-state index in [9.17, 15) is 4.79 Å². The summed E-state index contributed by atoms with van der Waals surface area (Å²) in [6.07, 6.45) is 1.48. The predicted molar refractivity (Wildman–Crippen MR) is 82.0 cm³/mol. The topological polar surface area (TPSA) is 45.8 Å². The standard InChI is InChI=1S/C15H20N2OS/c1-4-15-16-12-6-5-11(9-13(12)17-15)14(18)7-8-19-10(2)3/h5-6,9-10H,4,7-8H2,1-3H3,(H,16,17). The van der Waals surface area contributed by atoms with Crippen LogP contribution in [0.3, 0.4) is 0 Å². The number of hydrogen-bond acceptors (Lipinski definition) is 3. The van der Waals surface area contributed by atoms with Crippen LogP contribution in [0.4, 0.5) is 0 Å². The van der Waals surface area contributed by atoms with E-state index in [0.717, 1.165) is 34.6 Å². The number of fused-ring (bicyclic) bond motifs is 1. The minimum atomic E-state index is 0.211. The summed E-state index contributed by atoms with van der Waals surface area (Å²) in [5, 5.41) is 0.579.